The van der Waals surface area contributed by atoms with E-state index < -0.39 is 0 Å². The van der Waals surface area contributed by atoms with Crippen LogP contribution in [0.4, 0.5) is 5.69 Å². The van der Waals surface area contributed by atoms with Gasteiger partial charge in [0, 0.05) is 66.9 Å². The van der Waals surface area contributed by atoms with Crippen LogP contribution in [0.15, 0.2) is 48.5 Å². The van der Waals surface area contributed by atoms with Crippen LogP contribution in [0.1, 0.15) is 35.9 Å². The Hall–Kier alpha value is -4.07. The number of amides is 1. The number of piperazine rings is 1. The van der Waals surface area contributed by atoms with E-state index in [1.807, 2.05) is 47.5 Å². The maximum atomic E-state index is 13.3. The van der Waals surface area contributed by atoms with Crippen LogP contribution in [0.2, 0.25) is 0 Å². The fourth-order valence-corrected chi connectivity index (χ4v) is 5.59. The van der Waals surface area contributed by atoms with E-state index in [9.17, 15) is 4.79 Å². The third-order valence-electron chi connectivity index (χ3n) is 7.75. The van der Waals surface area contributed by atoms with Crippen molar-refractivity contribution >= 4 is 17.2 Å². The molecule has 0 saturated carbocycles. The Kier molecular flexibility index (Phi) is 7.46. The largest absolute Gasteiger partial charge is 0.497 e. The Morgan fingerprint density at radius 1 is 1.03 bits per heavy atom. The molecule has 4 aromatic rings. The first kappa shape index (κ1) is 26.5. The molecule has 0 bridgehead atoms. The quantitative estimate of drug-likeness (QED) is 0.337. The van der Waals surface area contributed by atoms with E-state index in [4.69, 9.17) is 19.6 Å². The van der Waals surface area contributed by atoms with Gasteiger partial charge in [-0.25, -0.2) is 9.50 Å². The number of methoxy groups -OCH3 is 2. The van der Waals surface area contributed by atoms with Crippen LogP contribution in [0.25, 0.3) is 16.9 Å². The SMILES string of the molecule is COc1ccc(-c2cc3nc(C)c(CCC(=O)N4CCN(c5cccc(C)c5)C(C)C4)c(C)n3n2)c(OC)c1. The Bertz CT molecular complexity index is 1510. The second-order valence-corrected chi connectivity index (χ2v) is 10.3. The van der Waals surface area contributed by atoms with Gasteiger partial charge in [-0.2, -0.15) is 5.10 Å². The van der Waals surface area contributed by atoms with Gasteiger partial charge in [0.1, 0.15) is 11.5 Å². The van der Waals surface area contributed by atoms with Gasteiger partial charge in [0.05, 0.1) is 19.9 Å². The molecule has 3 heterocycles. The van der Waals surface area contributed by atoms with Gasteiger partial charge < -0.3 is 19.3 Å². The van der Waals surface area contributed by atoms with Gasteiger partial charge in [0.25, 0.3) is 0 Å². The van der Waals surface area contributed by atoms with E-state index in [-0.39, 0.29) is 11.9 Å². The minimum atomic E-state index is 0.189. The van der Waals surface area contributed by atoms with Crippen molar-refractivity contribution in [1.82, 2.24) is 19.5 Å². The minimum absolute atomic E-state index is 0.189. The highest BCUT2D eigenvalue weighted by molar-refractivity contribution is 5.77. The minimum Gasteiger partial charge on any atom is -0.497 e. The summed E-state index contributed by atoms with van der Waals surface area (Å²) in [6.07, 6.45) is 1.08. The highest BCUT2D eigenvalue weighted by Crippen LogP contribution is 2.33. The summed E-state index contributed by atoms with van der Waals surface area (Å²) >= 11 is 0. The average molecular weight is 528 g/mol. The lowest BCUT2D eigenvalue weighted by atomic mass is 10.0. The fraction of sp³-hybridized carbons (Fsp3) is 0.387. The number of carbonyl (C=O) groups is 1. The first-order valence-electron chi connectivity index (χ1n) is 13.5. The van der Waals surface area contributed by atoms with Gasteiger partial charge in [-0.15, -0.1) is 0 Å². The van der Waals surface area contributed by atoms with Crippen molar-refractivity contribution in [3.63, 3.8) is 0 Å². The Labute approximate surface area is 230 Å². The second kappa shape index (κ2) is 11.0. The zero-order valence-electron chi connectivity index (χ0n) is 23.7. The summed E-state index contributed by atoms with van der Waals surface area (Å²) < 4.78 is 12.8. The third kappa shape index (κ3) is 5.28. The second-order valence-electron chi connectivity index (χ2n) is 10.3. The zero-order chi connectivity index (χ0) is 27.7. The number of ether oxygens (including phenoxy) is 2. The smallest absolute Gasteiger partial charge is 0.223 e. The summed E-state index contributed by atoms with van der Waals surface area (Å²) in [6, 6.07) is 16.5. The molecule has 1 aliphatic heterocycles. The van der Waals surface area contributed by atoms with Gasteiger partial charge in [-0.3, -0.25) is 4.79 Å². The molecule has 0 aliphatic carbocycles. The van der Waals surface area contributed by atoms with Gasteiger partial charge in [0.15, 0.2) is 5.65 Å². The Balaban J connectivity index is 1.30. The molecule has 8 nitrogen and oxygen atoms in total. The van der Waals surface area contributed by atoms with Gasteiger partial charge in [0.2, 0.25) is 5.91 Å². The number of hydrogen-bond acceptors (Lipinski definition) is 6. The van der Waals surface area contributed by atoms with Crippen LogP contribution in [0.5, 0.6) is 11.5 Å². The number of anilines is 1. The number of hydrogen-bond donors (Lipinski definition) is 0. The number of benzene rings is 2. The number of aryl methyl sites for hydroxylation is 3. The van der Waals surface area contributed by atoms with E-state index >= 15 is 0 Å². The van der Waals surface area contributed by atoms with Crippen molar-refractivity contribution in [2.24, 2.45) is 0 Å². The molecule has 5 rings (SSSR count). The molecule has 1 fully saturated rings. The van der Waals surface area contributed by atoms with Crippen LogP contribution in [0.3, 0.4) is 0 Å². The first-order chi connectivity index (χ1) is 18.8. The van der Waals surface area contributed by atoms with Crippen LogP contribution in [-0.2, 0) is 11.2 Å². The highest BCUT2D eigenvalue weighted by atomic mass is 16.5. The van der Waals surface area contributed by atoms with Crippen molar-refractivity contribution in [1.29, 1.82) is 0 Å². The van der Waals surface area contributed by atoms with Crippen LogP contribution < -0.4 is 14.4 Å². The van der Waals surface area contributed by atoms with Crippen LogP contribution >= 0.6 is 0 Å². The molecule has 204 valence electrons. The standard InChI is InChI=1S/C31H37N5O3/c1-20-8-7-9-24(16-20)35-15-14-34(19-21(35)2)31(37)13-12-26-22(3)32-30-18-28(33-36(30)23(26)4)27-11-10-25(38-5)17-29(27)39-6/h7-11,16-18,21H,12-15,19H2,1-6H3. The van der Waals surface area contributed by atoms with Gasteiger partial charge >= 0.3 is 0 Å². The molecule has 1 amide bonds. The number of fused-ring (bicyclic) bond motifs is 1. The summed E-state index contributed by atoms with van der Waals surface area (Å²) in [5.41, 5.74) is 7.90. The molecule has 2 aromatic carbocycles. The van der Waals surface area contributed by atoms with Crippen LogP contribution in [0, 0.1) is 20.8 Å². The van der Waals surface area contributed by atoms with Crippen molar-refractivity contribution in [3.05, 3.63) is 71.0 Å². The number of nitrogens with zero attached hydrogens (tertiary/aromatic N) is 5. The van der Waals surface area contributed by atoms with E-state index in [1.54, 1.807) is 14.2 Å². The molecule has 2 aromatic heterocycles. The molecule has 0 radical (unpaired) electrons. The van der Waals surface area contributed by atoms with Gasteiger partial charge in [-0.05, 0) is 69.5 Å². The Morgan fingerprint density at radius 2 is 1.85 bits per heavy atom. The molecule has 1 atom stereocenters. The monoisotopic (exact) mass is 527 g/mol. The summed E-state index contributed by atoms with van der Waals surface area (Å²) in [6.45, 7) is 10.7. The maximum Gasteiger partial charge on any atom is 0.223 e. The summed E-state index contributed by atoms with van der Waals surface area (Å²) in [7, 11) is 3.27. The molecular formula is C31H37N5O3. The highest BCUT2D eigenvalue weighted by Gasteiger charge is 2.27. The summed E-state index contributed by atoms with van der Waals surface area (Å²) in [5, 5.41) is 4.85. The van der Waals surface area contributed by atoms with Crippen molar-refractivity contribution in [3.8, 4) is 22.8 Å². The lowest BCUT2D eigenvalue weighted by Crippen LogP contribution is -2.53. The van der Waals surface area contributed by atoms with E-state index in [0.717, 1.165) is 59.2 Å². The predicted octanol–water partition coefficient (Wildman–Crippen LogP) is 5.01. The first-order valence-corrected chi connectivity index (χ1v) is 13.5. The Morgan fingerprint density at radius 3 is 2.56 bits per heavy atom. The van der Waals surface area contributed by atoms with E-state index in [1.165, 1.54) is 11.3 Å². The predicted molar refractivity (Wildman–Crippen MR) is 154 cm³/mol. The third-order valence-corrected chi connectivity index (χ3v) is 7.75. The summed E-state index contributed by atoms with van der Waals surface area (Å²) in [4.78, 5) is 22.5. The summed E-state index contributed by atoms with van der Waals surface area (Å²) in [5.74, 6) is 1.60. The number of aromatic nitrogens is 3. The maximum absolute atomic E-state index is 13.3. The van der Waals surface area contributed by atoms with Crippen molar-refractivity contribution in [2.75, 3.05) is 38.8 Å². The molecule has 8 heteroatoms. The lowest BCUT2D eigenvalue weighted by Gasteiger charge is -2.41. The van der Waals surface area contributed by atoms with Crippen molar-refractivity contribution < 1.29 is 14.3 Å². The fourth-order valence-electron chi connectivity index (χ4n) is 5.59. The molecule has 1 unspecified atom stereocenters. The molecule has 39 heavy (non-hydrogen) atoms. The van der Waals surface area contributed by atoms with E-state index in [0.29, 0.717) is 18.6 Å². The zero-order valence-corrected chi connectivity index (χ0v) is 23.7. The number of rotatable bonds is 7. The lowest BCUT2D eigenvalue weighted by molar-refractivity contribution is -0.131. The van der Waals surface area contributed by atoms with Crippen molar-refractivity contribution in [2.45, 2.75) is 46.6 Å². The molecule has 1 saturated heterocycles. The number of carbonyl (C=O) groups excluding carboxylic acids is 1. The van der Waals surface area contributed by atoms with Crippen LogP contribution in [-0.4, -0.2) is 65.3 Å². The topological polar surface area (TPSA) is 72.2 Å². The molecule has 0 N–H and O–H groups in total. The average Bonchev–Trinajstić information content (AvgIpc) is 3.36. The molecule has 0 spiro atoms. The molecule has 1 aliphatic rings. The molecular weight excluding hydrogens is 490 g/mol. The van der Waals surface area contributed by atoms with Gasteiger partial charge in [-0.1, -0.05) is 12.1 Å². The normalized spacial score (nSPS) is 15.6. The van der Waals surface area contributed by atoms with E-state index in [2.05, 4.69) is 43.0 Å².